The highest BCUT2D eigenvalue weighted by Crippen LogP contribution is 2.39. The maximum Gasteiger partial charge on any atom is 0.469 e. The Kier molecular flexibility index (Phi) is 9.94. The van der Waals surface area contributed by atoms with Crippen molar-refractivity contribution in [3.63, 3.8) is 0 Å². The third kappa shape index (κ3) is 7.53. The molecule has 44 heavy (non-hydrogen) atoms. The van der Waals surface area contributed by atoms with Crippen molar-refractivity contribution < 1.29 is 55.2 Å². The van der Waals surface area contributed by atoms with Gasteiger partial charge < -0.3 is 24.7 Å². The normalized spacial score (nSPS) is 14.9. The van der Waals surface area contributed by atoms with Gasteiger partial charge in [-0.25, -0.2) is 31.3 Å². The number of fused-ring (bicyclic) bond motifs is 1. The average Bonchev–Trinajstić information content (AvgIpc) is 2.93. The van der Waals surface area contributed by atoms with Gasteiger partial charge in [-0.3, -0.25) is 14.2 Å². The van der Waals surface area contributed by atoms with Crippen LogP contribution < -0.4 is 15.0 Å². The molecule has 0 bridgehead atoms. The molecule has 1 atom stereocenters. The minimum Gasteiger partial charge on any atom is -0.493 e. The Hall–Kier alpha value is -4.04. The molecule has 10 nitrogen and oxygen atoms in total. The number of carbonyl (C=O) groups is 2. The third-order valence-corrected chi connectivity index (χ3v) is 7.44. The van der Waals surface area contributed by atoms with Crippen LogP contribution in [0.15, 0.2) is 42.5 Å². The zero-order valence-electron chi connectivity index (χ0n) is 23.3. The van der Waals surface area contributed by atoms with Crippen molar-refractivity contribution in [2.45, 2.75) is 32.5 Å². The maximum atomic E-state index is 15.1. The Morgan fingerprint density at radius 2 is 1.57 bits per heavy atom. The molecule has 3 amide bonds. The summed E-state index contributed by atoms with van der Waals surface area (Å²) in [4.78, 5) is 46.4. The number of halogens is 5. The van der Waals surface area contributed by atoms with Crippen molar-refractivity contribution >= 4 is 25.4 Å². The predicted molar refractivity (Wildman–Crippen MR) is 146 cm³/mol. The Morgan fingerprint density at radius 1 is 0.955 bits per heavy atom. The summed E-state index contributed by atoms with van der Waals surface area (Å²) >= 11 is 0. The molecule has 4 rings (SSSR count). The molecule has 0 aromatic heterocycles. The summed E-state index contributed by atoms with van der Waals surface area (Å²) < 4.78 is 91.2. The van der Waals surface area contributed by atoms with Gasteiger partial charge in [0.25, 0.3) is 5.91 Å². The molecule has 236 valence electrons. The van der Waals surface area contributed by atoms with Crippen LogP contribution in [-0.4, -0.2) is 46.9 Å². The second-order valence-electron chi connectivity index (χ2n) is 9.85. The van der Waals surface area contributed by atoms with Crippen LogP contribution in [0.3, 0.4) is 0 Å². The summed E-state index contributed by atoms with van der Waals surface area (Å²) in [6, 6.07) is 5.70. The molecule has 1 heterocycles. The zero-order chi connectivity index (χ0) is 32.3. The maximum absolute atomic E-state index is 15.1. The van der Waals surface area contributed by atoms with Gasteiger partial charge in [-0.2, -0.15) is 0 Å². The van der Waals surface area contributed by atoms with Crippen molar-refractivity contribution in [2.75, 3.05) is 25.2 Å². The minimum atomic E-state index is -4.71. The van der Waals surface area contributed by atoms with Gasteiger partial charge in [0.05, 0.1) is 31.5 Å². The molecular formula is C28H27F5N3O7P. The first-order valence-corrected chi connectivity index (χ1v) is 14.6. The number of amides is 3. The fraction of sp³-hybridized carbons (Fsp3) is 0.286. The van der Waals surface area contributed by atoms with Gasteiger partial charge in [-0.15, -0.1) is 0 Å². The number of phosphoric ester groups is 1. The van der Waals surface area contributed by atoms with Gasteiger partial charge in [0.1, 0.15) is 34.8 Å². The van der Waals surface area contributed by atoms with Crippen LogP contribution in [0.25, 0.3) is 0 Å². The lowest BCUT2D eigenvalue weighted by molar-refractivity contribution is 0.0950. The van der Waals surface area contributed by atoms with E-state index in [4.69, 9.17) is 14.5 Å². The SMILES string of the molecule is C[C@H]1c2ccc(C(=O)NCc3c(F)cc(F)cc3F)cc2N(Cc2c(F)cc(F)cc2OCCCOP(=O)(O)O)C(=O)N1C. The molecule has 0 radical (unpaired) electrons. The molecule has 1 aliphatic rings. The Morgan fingerprint density at radius 3 is 2.20 bits per heavy atom. The van der Waals surface area contributed by atoms with E-state index in [2.05, 4.69) is 9.84 Å². The molecule has 0 saturated carbocycles. The molecule has 3 aromatic carbocycles. The van der Waals surface area contributed by atoms with E-state index in [0.717, 1.165) is 11.0 Å². The van der Waals surface area contributed by atoms with E-state index in [1.54, 1.807) is 13.0 Å². The summed E-state index contributed by atoms with van der Waals surface area (Å²) in [6.45, 7) is 0.0116. The van der Waals surface area contributed by atoms with E-state index in [9.17, 15) is 31.7 Å². The van der Waals surface area contributed by atoms with E-state index >= 15 is 4.39 Å². The highest BCUT2D eigenvalue weighted by Gasteiger charge is 2.35. The number of carbonyl (C=O) groups excluding carboxylic acids is 2. The molecular weight excluding hydrogens is 616 g/mol. The number of nitrogens with zero attached hydrogens (tertiary/aromatic N) is 2. The Balaban J connectivity index is 1.60. The number of ether oxygens (including phenoxy) is 1. The smallest absolute Gasteiger partial charge is 0.469 e. The summed E-state index contributed by atoms with van der Waals surface area (Å²) in [5.74, 6) is -6.55. The monoisotopic (exact) mass is 643 g/mol. The Bertz CT molecular complexity index is 1610. The van der Waals surface area contributed by atoms with E-state index in [1.165, 1.54) is 24.1 Å². The molecule has 1 aliphatic heterocycles. The molecule has 0 saturated heterocycles. The molecule has 3 N–H and O–H groups in total. The second-order valence-corrected chi connectivity index (χ2v) is 11.1. The number of anilines is 1. The van der Waals surface area contributed by atoms with Crippen LogP contribution in [0.4, 0.5) is 32.4 Å². The van der Waals surface area contributed by atoms with E-state index < -0.39 is 80.1 Å². The minimum absolute atomic E-state index is 0.0117. The van der Waals surface area contributed by atoms with E-state index in [1.807, 2.05) is 0 Å². The Labute approximate surface area is 248 Å². The van der Waals surface area contributed by atoms with E-state index in [0.29, 0.717) is 23.8 Å². The zero-order valence-corrected chi connectivity index (χ0v) is 24.2. The van der Waals surface area contributed by atoms with Crippen molar-refractivity contribution in [2.24, 2.45) is 0 Å². The summed E-state index contributed by atoms with van der Waals surface area (Å²) in [7, 11) is -3.21. The lowest BCUT2D eigenvalue weighted by atomic mass is 9.98. The van der Waals surface area contributed by atoms with Gasteiger partial charge in [-0.1, -0.05) is 6.07 Å². The predicted octanol–water partition coefficient (Wildman–Crippen LogP) is 5.32. The fourth-order valence-corrected chi connectivity index (χ4v) is 4.92. The summed E-state index contributed by atoms with van der Waals surface area (Å²) in [5, 5.41) is 2.35. The van der Waals surface area contributed by atoms with Crippen LogP contribution >= 0.6 is 7.82 Å². The number of urea groups is 1. The molecule has 0 spiro atoms. The van der Waals surface area contributed by atoms with Gasteiger partial charge in [0.2, 0.25) is 0 Å². The quantitative estimate of drug-likeness (QED) is 0.147. The van der Waals surface area contributed by atoms with E-state index in [-0.39, 0.29) is 35.6 Å². The highest BCUT2D eigenvalue weighted by molar-refractivity contribution is 7.46. The molecule has 0 aliphatic carbocycles. The lowest BCUT2D eigenvalue weighted by Crippen LogP contribution is -2.46. The van der Waals surface area contributed by atoms with Crippen molar-refractivity contribution in [1.29, 1.82) is 0 Å². The largest absolute Gasteiger partial charge is 0.493 e. The van der Waals surface area contributed by atoms with Crippen molar-refractivity contribution in [3.05, 3.63) is 93.8 Å². The third-order valence-electron chi connectivity index (χ3n) is 6.92. The molecule has 0 fully saturated rings. The van der Waals surface area contributed by atoms with Gasteiger partial charge in [0.15, 0.2) is 0 Å². The number of hydrogen-bond donors (Lipinski definition) is 3. The van der Waals surface area contributed by atoms with Crippen molar-refractivity contribution in [1.82, 2.24) is 10.2 Å². The van der Waals surface area contributed by atoms with Crippen molar-refractivity contribution in [3.8, 4) is 5.75 Å². The number of hydrogen-bond acceptors (Lipinski definition) is 5. The highest BCUT2D eigenvalue weighted by atomic mass is 31.2. The first-order chi connectivity index (χ1) is 20.7. The number of nitrogens with one attached hydrogen (secondary N) is 1. The van der Waals surface area contributed by atoms with Gasteiger partial charge in [-0.05, 0) is 24.6 Å². The number of rotatable bonds is 11. The number of phosphoric acid groups is 1. The molecule has 16 heteroatoms. The standard InChI is InChI=1S/C28H27F5N3O7P/c1-15-19-5-4-16(27(37)34-13-20-22(31)9-17(29)10-23(20)32)8-25(19)36(28(38)35(15)2)14-21-24(33)11-18(30)12-26(21)42-6-3-7-43-44(39,40)41/h4-5,8-12,15H,3,6-7,13-14H2,1-2H3,(H,34,37)(H2,39,40,41)/t15-/m0/s1. The summed E-state index contributed by atoms with van der Waals surface area (Å²) in [6.07, 6.45) is -0.0430. The van der Waals surface area contributed by atoms with Crippen LogP contribution in [-0.2, 0) is 22.2 Å². The molecule has 3 aromatic rings. The van der Waals surface area contributed by atoms with Gasteiger partial charge in [0, 0.05) is 61.0 Å². The van der Waals surface area contributed by atoms with Crippen LogP contribution in [0.5, 0.6) is 5.75 Å². The second kappa shape index (κ2) is 13.3. The average molecular weight is 644 g/mol. The van der Waals surface area contributed by atoms with Crippen LogP contribution in [0.1, 0.15) is 46.4 Å². The first kappa shape index (κ1) is 32.9. The van der Waals surface area contributed by atoms with Gasteiger partial charge >= 0.3 is 13.9 Å². The van der Waals surface area contributed by atoms with Crippen LogP contribution in [0, 0.1) is 29.1 Å². The fourth-order valence-electron chi connectivity index (χ4n) is 4.55. The molecule has 0 unspecified atom stereocenters. The first-order valence-electron chi connectivity index (χ1n) is 13.1. The number of benzene rings is 3. The topological polar surface area (TPSA) is 129 Å². The van der Waals surface area contributed by atoms with Crippen LogP contribution in [0.2, 0.25) is 0 Å². The summed E-state index contributed by atoms with van der Waals surface area (Å²) in [5.41, 5.74) is -0.0163. The lowest BCUT2D eigenvalue weighted by Gasteiger charge is -2.40.